The van der Waals surface area contributed by atoms with Crippen molar-refractivity contribution in [2.45, 2.75) is 38.7 Å². The van der Waals surface area contributed by atoms with Crippen LogP contribution in [0.25, 0.3) is 0 Å². The molecule has 18 heavy (non-hydrogen) atoms. The van der Waals surface area contributed by atoms with Crippen molar-refractivity contribution in [1.29, 1.82) is 0 Å². The molecule has 1 aliphatic heterocycles. The molecule has 2 fully saturated rings. The number of hydrogen-bond donors (Lipinski definition) is 1. The average molecular weight is 255 g/mol. The number of carboxylic acids is 1. The molecule has 0 aromatic heterocycles. The number of ether oxygens (including phenoxy) is 1. The van der Waals surface area contributed by atoms with Gasteiger partial charge in [-0.3, -0.25) is 9.59 Å². The average Bonchev–Trinajstić information content (AvgIpc) is 2.84. The lowest BCUT2D eigenvalue weighted by Gasteiger charge is -2.25. The van der Waals surface area contributed by atoms with Crippen LogP contribution in [0.3, 0.4) is 0 Å². The number of hydrogen-bond acceptors (Lipinski definition) is 3. The quantitative estimate of drug-likeness (QED) is 0.772. The zero-order chi connectivity index (χ0) is 13.1. The molecule has 0 aromatic rings. The number of aliphatic carboxylic acids is 1. The zero-order valence-electron chi connectivity index (χ0n) is 10.8. The van der Waals surface area contributed by atoms with Crippen LogP contribution in [-0.2, 0) is 14.3 Å². The fraction of sp³-hybridized carbons (Fsp3) is 0.846. The van der Waals surface area contributed by atoms with Crippen LogP contribution in [0.1, 0.15) is 32.6 Å². The van der Waals surface area contributed by atoms with Gasteiger partial charge in [-0.1, -0.05) is 6.92 Å². The van der Waals surface area contributed by atoms with Gasteiger partial charge in [0.1, 0.15) is 0 Å². The Balaban J connectivity index is 1.88. The van der Waals surface area contributed by atoms with Gasteiger partial charge in [-0.05, 0) is 25.2 Å². The van der Waals surface area contributed by atoms with E-state index >= 15 is 0 Å². The summed E-state index contributed by atoms with van der Waals surface area (Å²) in [6.07, 6.45) is 3.05. The van der Waals surface area contributed by atoms with E-state index in [0.717, 1.165) is 25.9 Å². The molecular formula is C13H21NO4. The molecule has 102 valence electrons. The maximum absolute atomic E-state index is 12.2. The number of rotatable bonds is 6. The maximum Gasteiger partial charge on any atom is 0.305 e. The highest BCUT2D eigenvalue weighted by atomic mass is 16.5. The van der Waals surface area contributed by atoms with Crippen LogP contribution in [0.2, 0.25) is 0 Å². The Morgan fingerprint density at radius 2 is 2.17 bits per heavy atom. The fourth-order valence-electron chi connectivity index (χ4n) is 2.46. The summed E-state index contributed by atoms with van der Waals surface area (Å²) in [5.41, 5.74) is 0. The Bertz CT molecular complexity index is 325. The van der Waals surface area contributed by atoms with Gasteiger partial charge in [0.15, 0.2) is 0 Å². The third kappa shape index (κ3) is 3.45. The highest BCUT2D eigenvalue weighted by molar-refractivity contribution is 5.82. The molecule has 1 aliphatic carbocycles. The third-order valence-electron chi connectivity index (χ3n) is 3.78. The summed E-state index contributed by atoms with van der Waals surface area (Å²) in [6.45, 7) is 3.67. The van der Waals surface area contributed by atoms with Crippen molar-refractivity contribution in [1.82, 2.24) is 4.90 Å². The minimum absolute atomic E-state index is 0.0135. The molecule has 0 aromatic carbocycles. The highest BCUT2D eigenvalue weighted by Gasteiger charge is 2.42. The lowest BCUT2D eigenvalue weighted by Crippen LogP contribution is -2.39. The number of nitrogens with zero attached hydrogens (tertiary/aromatic N) is 1. The Morgan fingerprint density at radius 1 is 1.44 bits per heavy atom. The van der Waals surface area contributed by atoms with Crippen molar-refractivity contribution in [3.05, 3.63) is 0 Å². The van der Waals surface area contributed by atoms with Crippen LogP contribution in [0.15, 0.2) is 0 Å². The van der Waals surface area contributed by atoms with E-state index in [1.54, 1.807) is 4.90 Å². The van der Waals surface area contributed by atoms with Gasteiger partial charge in [-0.25, -0.2) is 0 Å². The third-order valence-corrected chi connectivity index (χ3v) is 3.78. The molecule has 0 bridgehead atoms. The van der Waals surface area contributed by atoms with Crippen LogP contribution in [-0.4, -0.2) is 47.7 Å². The Labute approximate surface area is 107 Å². The minimum Gasteiger partial charge on any atom is -0.481 e. The van der Waals surface area contributed by atoms with Crippen molar-refractivity contribution in [2.75, 3.05) is 19.7 Å². The van der Waals surface area contributed by atoms with Gasteiger partial charge in [0.2, 0.25) is 5.91 Å². The van der Waals surface area contributed by atoms with Crippen LogP contribution >= 0.6 is 0 Å². The van der Waals surface area contributed by atoms with Gasteiger partial charge in [-0.2, -0.15) is 0 Å². The van der Waals surface area contributed by atoms with Crippen molar-refractivity contribution >= 4 is 11.9 Å². The smallest absolute Gasteiger partial charge is 0.305 e. The molecule has 3 atom stereocenters. The summed E-state index contributed by atoms with van der Waals surface area (Å²) < 4.78 is 5.53. The molecular weight excluding hydrogens is 234 g/mol. The molecule has 2 aliphatic rings. The minimum atomic E-state index is -0.857. The number of carboxylic acid groups (broad SMARTS) is 1. The SMILES string of the molecule is C[C@@H]1C[C@H]1C(=O)N(CCC(=O)O)C[C@@H]1CCCO1. The summed E-state index contributed by atoms with van der Waals surface area (Å²) in [4.78, 5) is 24.5. The van der Waals surface area contributed by atoms with Crippen molar-refractivity contribution in [3.8, 4) is 0 Å². The molecule has 0 unspecified atom stereocenters. The molecule has 5 nitrogen and oxygen atoms in total. The molecule has 2 rings (SSSR count). The number of carbonyl (C=O) groups is 2. The van der Waals surface area contributed by atoms with Gasteiger partial charge in [0, 0.05) is 25.6 Å². The fourth-order valence-corrected chi connectivity index (χ4v) is 2.46. The van der Waals surface area contributed by atoms with E-state index in [0.29, 0.717) is 19.0 Å². The molecule has 1 saturated carbocycles. The standard InChI is InChI=1S/C13H21NO4/c1-9-7-11(9)13(17)14(5-4-12(15)16)8-10-3-2-6-18-10/h9-11H,2-8H2,1H3,(H,15,16)/t9-,10+,11-/m1/s1. The topological polar surface area (TPSA) is 66.8 Å². The molecule has 1 N–H and O–H groups in total. The second kappa shape index (κ2) is 5.69. The van der Waals surface area contributed by atoms with E-state index in [1.807, 2.05) is 0 Å². The van der Waals surface area contributed by atoms with Crippen LogP contribution in [0.5, 0.6) is 0 Å². The van der Waals surface area contributed by atoms with Crippen LogP contribution in [0, 0.1) is 11.8 Å². The number of amides is 1. The van der Waals surface area contributed by atoms with Crippen molar-refractivity contribution in [2.24, 2.45) is 11.8 Å². The van der Waals surface area contributed by atoms with Gasteiger partial charge in [0.25, 0.3) is 0 Å². The molecule has 5 heteroatoms. The number of carbonyl (C=O) groups excluding carboxylic acids is 1. The Hall–Kier alpha value is -1.10. The summed E-state index contributed by atoms with van der Waals surface area (Å²) in [5, 5.41) is 8.74. The lowest BCUT2D eigenvalue weighted by atomic mass is 10.2. The van der Waals surface area contributed by atoms with E-state index in [-0.39, 0.29) is 24.3 Å². The Kier molecular flexibility index (Phi) is 4.22. The Morgan fingerprint density at radius 3 is 2.67 bits per heavy atom. The van der Waals surface area contributed by atoms with Crippen LogP contribution < -0.4 is 0 Å². The molecule has 1 amide bonds. The van der Waals surface area contributed by atoms with E-state index in [2.05, 4.69) is 6.92 Å². The summed E-state index contributed by atoms with van der Waals surface area (Å²) in [6, 6.07) is 0. The molecule has 0 radical (unpaired) electrons. The maximum atomic E-state index is 12.2. The first-order chi connectivity index (χ1) is 8.58. The van der Waals surface area contributed by atoms with Gasteiger partial charge >= 0.3 is 5.97 Å². The van der Waals surface area contributed by atoms with Crippen molar-refractivity contribution in [3.63, 3.8) is 0 Å². The van der Waals surface area contributed by atoms with Gasteiger partial charge in [-0.15, -0.1) is 0 Å². The van der Waals surface area contributed by atoms with E-state index in [4.69, 9.17) is 9.84 Å². The van der Waals surface area contributed by atoms with Crippen LogP contribution in [0.4, 0.5) is 0 Å². The van der Waals surface area contributed by atoms with Gasteiger partial charge < -0.3 is 14.7 Å². The molecule has 0 spiro atoms. The zero-order valence-corrected chi connectivity index (χ0v) is 10.8. The second-order valence-electron chi connectivity index (χ2n) is 5.38. The first-order valence-electron chi connectivity index (χ1n) is 6.70. The van der Waals surface area contributed by atoms with Crippen molar-refractivity contribution < 1.29 is 19.4 Å². The van der Waals surface area contributed by atoms with E-state index < -0.39 is 5.97 Å². The van der Waals surface area contributed by atoms with E-state index in [9.17, 15) is 9.59 Å². The monoisotopic (exact) mass is 255 g/mol. The van der Waals surface area contributed by atoms with Gasteiger partial charge in [0.05, 0.1) is 12.5 Å². The van der Waals surface area contributed by atoms with E-state index in [1.165, 1.54) is 0 Å². The summed E-state index contributed by atoms with van der Waals surface area (Å²) in [5.74, 6) is -0.183. The molecule has 1 heterocycles. The molecule has 1 saturated heterocycles. The first kappa shape index (κ1) is 13.3. The largest absolute Gasteiger partial charge is 0.481 e. The predicted molar refractivity (Wildman–Crippen MR) is 65.1 cm³/mol. The second-order valence-corrected chi connectivity index (χ2v) is 5.38. The lowest BCUT2D eigenvalue weighted by molar-refractivity contribution is -0.139. The highest BCUT2D eigenvalue weighted by Crippen LogP contribution is 2.39. The summed E-state index contributed by atoms with van der Waals surface area (Å²) >= 11 is 0. The first-order valence-corrected chi connectivity index (χ1v) is 6.70. The normalized spacial score (nSPS) is 30.2. The predicted octanol–water partition coefficient (Wildman–Crippen LogP) is 1.12. The summed E-state index contributed by atoms with van der Waals surface area (Å²) in [7, 11) is 0.